The summed E-state index contributed by atoms with van der Waals surface area (Å²) in [6.45, 7) is 0. The lowest BCUT2D eigenvalue weighted by atomic mass is 10.1. The number of aromatic hydroxyl groups is 1. The van der Waals surface area contributed by atoms with Crippen LogP contribution in [0, 0.1) is 0 Å². The summed E-state index contributed by atoms with van der Waals surface area (Å²) in [5.41, 5.74) is 0.480. The maximum atomic E-state index is 11.4. The second-order valence-electron chi connectivity index (χ2n) is 3.48. The van der Waals surface area contributed by atoms with Gasteiger partial charge in [-0.25, -0.2) is 9.59 Å². The van der Waals surface area contributed by atoms with E-state index in [1.165, 1.54) is 18.0 Å². The highest BCUT2D eigenvalue weighted by atomic mass is 16.3. The molecule has 0 radical (unpaired) electrons. The Hall–Kier alpha value is -2.24. The maximum Gasteiger partial charge on any atom is 0.327 e. The van der Waals surface area contributed by atoms with E-state index in [1.54, 1.807) is 18.2 Å². The van der Waals surface area contributed by atoms with E-state index in [9.17, 15) is 14.7 Å². The Labute approximate surface area is 91.9 Å². The van der Waals surface area contributed by atoms with Gasteiger partial charge in [0, 0.05) is 12.6 Å². The molecular formula is C10H11N3O3. The van der Waals surface area contributed by atoms with Crippen molar-refractivity contribution in [1.29, 1.82) is 0 Å². The van der Waals surface area contributed by atoms with Crippen LogP contribution in [0.3, 0.4) is 0 Å². The van der Waals surface area contributed by atoms with Gasteiger partial charge in [0.2, 0.25) is 0 Å². The molecule has 1 heterocycles. The summed E-state index contributed by atoms with van der Waals surface area (Å²) in [5, 5.41) is 14.3. The van der Waals surface area contributed by atoms with Gasteiger partial charge in [0.15, 0.2) is 0 Å². The number of carbonyl (C=O) groups excluding carboxylic acids is 2. The van der Waals surface area contributed by atoms with Gasteiger partial charge in [-0.3, -0.25) is 5.32 Å². The van der Waals surface area contributed by atoms with E-state index in [0.29, 0.717) is 5.56 Å². The van der Waals surface area contributed by atoms with Gasteiger partial charge in [-0.15, -0.1) is 0 Å². The third-order valence-corrected chi connectivity index (χ3v) is 2.43. The van der Waals surface area contributed by atoms with Gasteiger partial charge < -0.3 is 15.3 Å². The third-order valence-electron chi connectivity index (χ3n) is 2.43. The van der Waals surface area contributed by atoms with Crippen molar-refractivity contribution in [2.75, 3.05) is 7.05 Å². The van der Waals surface area contributed by atoms with Crippen LogP contribution in [0.15, 0.2) is 24.3 Å². The van der Waals surface area contributed by atoms with Crippen LogP contribution in [0.4, 0.5) is 9.59 Å². The fourth-order valence-electron chi connectivity index (χ4n) is 1.56. The van der Waals surface area contributed by atoms with Gasteiger partial charge in [0.25, 0.3) is 0 Å². The van der Waals surface area contributed by atoms with Gasteiger partial charge >= 0.3 is 12.1 Å². The van der Waals surface area contributed by atoms with E-state index in [0.717, 1.165) is 0 Å². The molecule has 1 atom stereocenters. The lowest BCUT2D eigenvalue weighted by molar-refractivity contribution is 0.159. The minimum Gasteiger partial charge on any atom is -0.508 e. The lowest BCUT2D eigenvalue weighted by Crippen LogP contribution is -2.57. The summed E-state index contributed by atoms with van der Waals surface area (Å²) in [6.07, 6.45) is -0.651. The predicted octanol–water partition coefficient (Wildman–Crippen LogP) is 0.755. The van der Waals surface area contributed by atoms with Gasteiger partial charge in [0.05, 0.1) is 0 Å². The van der Waals surface area contributed by atoms with Crippen LogP contribution in [0.5, 0.6) is 5.75 Å². The molecule has 1 saturated heterocycles. The van der Waals surface area contributed by atoms with Crippen molar-refractivity contribution in [3.8, 4) is 5.75 Å². The summed E-state index contributed by atoms with van der Waals surface area (Å²) >= 11 is 0. The average molecular weight is 221 g/mol. The first-order valence-corrected chi connectivity index (χ1v) is 4.72. The first kappa shape index (κ1) is 10.3. The highest BCUT2D eigenvalue weighted by Gasteiger charge is 2.31. The van der Waals surface area contributed by atoms with E-state index in [4.69, 9.17) is 0 Å². The molecule has 1 aromatic rings. The van der Waals surface area contributed by atoms with Crippen molar-refractivity contribution in [2.24, 2.45) is 0 Å². The van der Waals surface area contributed by atoms with Crippen molar-refractivity contribution < 1.29 is 14.7 Å². The molecule has 6 nitrogen and oxygen atoms in total. The molecule has 1 aromatic carbocycles. The summed E-state index contributed by atoms with van der Waals surface area (Å²) < 4.78 is 0. The highest BCUT2D eigenvalue weighted by molar-refractivity contribution is 5.96. The Morgan fingerprint density at radius 2 is 2.00 bits per heavy atom. The first-order chi connectivity index (χ1) is 7.59. The molecule has 4 amide bonds. The van der Waals surface area contributed by atoms with E-state index < -0.39 is 18.2 Å². The molecule has 1 aliphatic heterocycles. The van der Waals surface area contributed by atoms with Crippen LogP contribution >= 0.6 is 0 Å². The second-order valence-corrected chi connectivity index (χ2v) is 3.48. The number of amides is 4. The Morgan fingerprint density at radius 3 is 2.69 bits per heavy atom. The number of carbonyl (C=O) groups is 2. The van der Waals surface area contributed by atoms with E-state index in [2.05, 4.69) is 10.6 Å². The minimum atomic E-state index is -0.651. The van der Waals surface area contributed by atoms with Crippen molar-refractivity contribution in [3.63, 3.8) is 0 Å². The fourth-order valence-corrected chi connectivity index (χ4v) is 1.56. The lowest BCUT2D eigenvalue weighted by Gasteiger charge is -2.33. The maximum absolute atomic E-state index is 11.4. The summed E-state index contributed by atoms with van der Waals surface area (Å²) in [5.74, 6) is 0.0364. The number of hydrogen-bond donors (Lipinski definition) is 3. The van der Waals surface area contributed by atoms with Crippen LogP contribution in [0.2, 0.25) is 0 Å². The molecule has 6 heteroatoms. The first-order valence-electron chi connectivity index (χ1n) is 4.72. The zero-order valence-corrected chi connectivity index (χ0v) is 8.60. The molecular weight excluding hydrogens is 210 g/mol. The number of phenols is 1. The van der Waals surface area contributed by atoms with Crippen molar-refractivity contribution in [2.45, 2.75) is 6.17 Å². The zero-order chi connectivity index (χ0) is 11.7. The van der Waals surface area contributed by atoms with Crippen LogP contribution in [-0.2, 0) is 0 Å². The van der Waals surface area contributed by atoms with Crippen molar-refractivity contribution in [1.82, 2.24) is 15.5 Å². The molecule has 0 spiro atoms. The molecule has 0 bridgehead atoms. The number of benzene rings is 1. The highest BCUT2D eigenvalue weighted by Crippen LogP contribution is 2.26. The Balaban J connectivity index is 2.36. The van der Waals surface area contributed by atoms with Crippen LogP contribution in [-0.4, -0.2) is 29.1 Å². The van der Waals surface area contributed by atoms with Crippen LogP contribution in [0.25, 0.3) is 0 Å². The van der Waals surface area contributed by atoms with Gasteiger partial charge in [-0.1, -0.05) is 18.2 Å². The van der Waals surface area contributed by atoms with E-state index in [-0.39, 0.29) is 5.75 Å². The summed E-state index contributed by atoms with van der Waals surface area (Å²) in [7, 11) is 1.53. The smallest absolute Gasteiger partial charge is 0.327 e. The van der Waals surface area contributed by atoms with Gasteiger partial charge in [0.1, 0.15) is 11.9 Å². The predicted molar refractivity (Wildman–Crippen MR) is 55.7 cm³/mol. The largest absolute Gasteiger partial charge is 0.508 e. The standard InChI is InChI=1S/C10H11N3O3/c1-13-8(11-9(15)12-10(13)16)6-4-2-3-5-7(6)14/h2-5,8,14H,1H3,(H2,11,12,15,16). The summed E-state index contributed by atoms with van der Waals surface area (Å²) in [4.78, 5) is 23.8. The number of phenolic OH excluding ortho intramolecular Hbond substituents is 1. The van der Waals surface area contributed by atoms with Crippen molar-refractivity contribution >= 4 is 12.1 Å². The molecule has 0 aliphatic carbocycles. The Morgan fingerprint density at radius 1 is 1.31 bits per heavy atom. The minimum absolute atomic E-state index is 0.0364. The van der Waals surface area contributed by atoms with Crippen LogP contribution < -0.4 is 10.6 Å². The monoisotopic (exact) mass is 221 g/mol. The number of imide groups is 1. The van der Waals surface area contributed by atoms with Crippen LogP contribution in [0.1, 0.15) is 11.7 Å². The molecule has 16 heavy (non-hydrogen) atoms. The number of hydrogen-bond acceptors (Lipinski definition) is 3. The number of para-hydroxylation sites is 1. The fraction of sp³-hybridized carbons (Fsp3) is 0.200. The molecule has 3 N–H and O–H groups in total. The molecule has 1 aliphatic rings. The normalized spacial score (nSPS) is 20.3. The van der Waals surface area contributed by atoms with Crippen molar-refractivity contribution in [3.05, 3.63) is 29.8 Å². The van der Waals surface area contributed by atoms with Gasteiger partial charge in [-0.05, 0) is 6.07 Å². The molecule has 0 aromatic heterocycles. The Kier molecular flexibility index (Phi) is 2.40. The topological polar surface area (TPSA) is 81.7 Å². The molecule has 84 valence electrons. The zero-order valence-electron chi connectivity index (χ0n) is 8.60. The molecule has 1 unspecified atom stereocenters. The number of nitrogens with one attached hydrogen (secondary N) is 2. The molecule has 0 saturated carbocycles. The molecule has 2 rings (SSSR count). The van der Waals surface area contributed by atoms with E-state index in [1.807, 2.05) is 0 Å². The SMILES string of the molecule is CN1C(=O)NC(=O)NC1c1ccccc1O. The number of rotatable bonds is 1. The Bertz CT molecular complexity index is 447. The summed E-state index contributed by atoms with van der Waals surface area (Å²) in [6, 6.07) is 5.47. The number of nitrogens with zero attached hydrogens (tertiary/aromatic N) is 1. The third kappa shape index (κ3) is 1.65. The average Bonchev–Trinajstić information content (AvgIpc) is 2.24. The number of urea groups is 2. The quantitative estimate of drug-likeness (QED) is 0.654. The van der Waals surface area contributed by atoms with E-state index >= 15 is 0 Å². The second kappa shape index (κ2) is 3.73. The van der Waals surface area contributed by atoms with Gasteiger partial charge in [-0.2, -0.15) is 0 Å². The molecule has 1 fully saturated rings.